The summed E-state index contributed by atoms with van der Waals surface area (Å²) < 4.78 is 58.9. The number of anilines is 1. The van der Waals surface area contributed by atoms with Crippen LogP contribution in [0, 0.1) is 0 Å². The number of nitrogens with zero attached hydrogens (tertiary/aromatic N) is 2. The molecule has 3 rings (SSSR count). The molecule has 0 aliphatic heterocycles. The first-order valence-electron chi connectivity index (χ1n) is 7.82. The zero-order valence-electron chi connectivity index (χ0n) is 14.4. The van der Waals surface area contributed by atoms with Crippen molar-refractivity contribution in [2.24, 2.45) is 0 Å². The minimum atomic E-state index is -4.52. The van der Waals surface area contributed by atoms with Crippen molar-refractivity contribution in [2.75, 3.05) is 11.0 Å². The summed E-state index contributed by atoms with van der Waals surface area (Å²) in [6.45, 7) is 1.56. The second-order valence-corrected chi connectivity index (χ2v) is 8.34. The first-order chi connectivity index (χ1) is 12.7. The highest BCUT2D eigenvalue weighted by molar-refractivity contribution is 8.03. The molecule has 0 bridgehead atoms. The summed E-state index contributed by atoms with van der Waals surface area (Å²) in [6, 6.07) is 11.4. The Bertz CT molecular complexity index is 1050. The Morgan fingerprint density at radius 3 is 2.44 bits per heavy atom. The van der Waals surface area contributed by atoms with Crippen LogP contribution in [-0.4, -0.2) is 25.3 Å². The van der Waals surface area contributed by atoms with Gasteiger partial charge in [-0.1, -0.05) is 36.4 Å². The molecular formula is C18H16F3N3O2S. The summed E-state index contributed by atoms with van der Waals surface area (Å²) in [5.41, 5.74) is 0.736. The molecule has 0 radical (unpaired) electrons. The highest BCUT2D eigenvalue weighted by Gasteiger charge is 2.32. The molecule has 0 saturated heterocycles. The standard InChI is InChI=1S/C18H16F3N3O2S/c1-12(14-8-9-16(22-10-14)18(19,20)21)27(2,25)24-17-23-15(11-26-17)13-6-4-3-5-7-13/h3-11H,1-2H3,(H,23,24,25). The van der Waals surface area contributed by atoms with Crippen LogP contribution >= 0.6 is 0 Å². The van der Waals surface area contributed by atoms with E-state index in [4.69, 9.17) is 4.42 Å². The first kappa shape index (κ1) is 19.0. The van der Waals surface area contributed by atoms with Gasteiger partial charge in [-0.25, -0.2) is 4.21 Å². The van der Waals surface area contributed by atoms with Crippen molar-refractivity contribution in [1.82, 2.24) is 9.97 Å². The fourth-order valence-electron chi connectivity index (χ4n) is 2.30. The number of aromatic nitrogens is 2. The van der Waals surface area contributed by atoms with Crippen LogP contribution in [0.4, 0.5) is 19.2 Å². The second kappa shape index (κ2) is 7.07. The number of rotatable bonds is 4. The van der Waals surface area contributed by atoms with E-state index in [9.17, 15) is 17.4 Å². The maximum absolute atomic E-state index is 13.0. The van der Waals surface area contributed by atoms with Gasteiger partial charge in [0.15, 0.2) is 0 Å². The molecule has 1 N–H and O–H groups in total. The number of hydrogen-bond donors (Lipinski definition) is 1. The van der Waals surface area contributed by atoms with Crippen molar-refractivity contribution in [3.05, 3.63) is 66.2 Å². The molecule has 1 aromatic carbocycles. The Hall–Kier alpha value is -2.81. The van der Waals surface area contributed by atoms with E-state index in [1.54, 1.807) is 6.92 Å². The van der Waals surface area contributed by atoms with Crippen LogP contribution in [0.2, 0.25) is 0 Å². The maximum Gasteiger partial charge on any atom is 0.433 e. The van der Waals surface area contributed by atoms with Crippen LogP contribution in [0.5, 0.6) is 0 Å². The Kier molecular flexibility index (Phi) is 4.97. The number of halogens is 3. The smallest absolute Gasteiger partial charge is 0.431 e. The monoisotopic (exact) mass is 395 g/mol. The van der Waals surface area contributed by atoms with Crippen LogP contribution in [0.25, 0.3) is 11.3 Å². The zero-order valence-corrected chi connectivity index (χ0v) is 15.3. The minimum absolute atomic E-state index is 0.0561. The van der Waals surface area contributed by atoms with Gasteiger partial charge >= 0.3 is 12.2 Å². The predicted octanol–water partition coefficient (Wildman–Crippen LogP) is 4.24. The summed E-state index contributed by atoms with van der Waals surface area (Å²) in [4.78, 5) is 7.99. The molecule has 0 amide bonds. The average Bonchev–Trinajstić information content (AvgIpc) is 3.09. The summed E-state index contributed by atoms with van der Waals surface area (Å²) in [7, 11) is -2.84. The van der Waals surface area contributed by atoms with E-state index in [2.05, 4.69) is 14.7 Å². The number of hydrogen-bond acceptors (Lipinski definition) is 4. The van der Waals surface area contributed by atoms with Gasteiger partial charge in [0.2, 0.25) is 0 Å². The van der Waals surface area contributed by atoms with Crippen molar-refractivity contribution in [1.29, 1.82) is 0 Å². The van der Waals surface area contributed by atoms with Crippen LogP contribution in [0.1, 0.15) is 18.2 Å². The quantitative estimate of drug-likeness (QED) is 0.530. The SMILES string of the molecule is CC(c1ccc(C(F)(F)F)nc1)=S(C)(=O)Nc1nc(-c2ccccc2)co1. The normalized spacial score (nSPS) is 13.8. The van der Waals surface area contributed by atoms with Gasteiger partial charge in [-0.3, -0.25) is 9.71 Å². The van der Waals surface area contributed by atoms with Gasteiger partial charge in [-0.2, -0.15) is 18.2 Å². The zero-order chi connectivity index (χ0) is 19.7. The van der Waals surface area contributed by atoms with Gasteiger partial charge in [0, 0.05) is 28.4 Å². The highest BCUT2D eigenvalue weighted by Crippen LogP contribution is 2.27. The van der Waals surface area contributed by atoms with Gasteiger partial charge in [0.25, 0.3) is 0 Å². The summed E-state index contributed by atoms with van der Waals surface area (Å²) in [5.74, 6) is 0. The third-order valence-corrected chi connectivity index (χ3v) is 5.87. The third kappa shape index (κ3) is 4.30. The van der Waals surface area contributed by atoms with Crippen LogP contribution in [0.15, 0.2) is 59.3 Å². The van der Waals surface area contributed by atoms with Gasteiger partial charge in [0.1, 0.15) is 17.7 Å². The van der Waals surface area contributed by atoms with E-state index in [-0.39, 0.29) is 6.01 Å². The Balaban J connectivity index is 1.87. The second-order valence-electron chi connectivity index (χ2n) is 5.84. The first-order valence-corrected chi connectivity index (χ1v) is 9.78. The van der Waals surface area contributed by atoms with Gasteiger partial charge in [0.05, 0.1) is 9.71 Å². The van der Waals surface area contributed by atoms with E-state index in [1.165, 1.54) is 18.6 Å². The number of pyridine rings is 1. The molecule has 2 aromatic heterocycles. The van der Waals surface area contributed by atoms with Crippen molar-refractivity contribution in [3.63, 3.8) is 0 Å². The topological polar surface area (TPSA) is 68.0 Å². The lowest BCUT2D eigenvalue weighted by Crippen LogP contribution is -2.20. The molecule has 1 atom stereocenters. The Morgan fingerprint density at radius 1 is 1.15 bits per heavy atom. The average molecular weight is 395 g/mol. The molecule has 0 saturated carbocycles. The third-order valence-electron chi connectivity index (χ3n) is 3.90. The van der Waals surface area contributed by atoms with Crippen molar-refractivity contribution < 1.29 is 21.8 Å². The van der Waals surface area contributed by atoms with Gasteiger partial charge < -0.3 is 4.42 Å². The molecule has 9 heteroatoms. The van der Waals surface area contributed by atoms with E-state index >= 15 is 0 Å². The molecule has 0 aliphatic carbocycles. The molecular weight excluding hydrogens is 379 g/mol. The lowest BCUT2D eigenvalue weighted by Gasteiger charge is -2.12. The largest absolute Gasteiger partial charge is 0.433 e. The molecule has 0 aliphatic rings. The Labute approximate surface area is 154 Å². The molecule has 27 heavy (non-hydrogen) atoms. The van der Waals surface area contributed by atoms with Crippen LogP contribution < -0.4 is 4.72 Å². The number of benzene rings is 1. The maximum atomic E-state index is 13.0. The minimum Gasteiger partial charge on any atom is -0.431 e. The molecule has 3 aromatic rings. The molecule has 5 nitrogen and oxygen atoms in total. The van der Waals surface area contributed by atoms with Crippen LogP contribution in [-0.2, 0) is 15.9 Å². The molecule has 0 spiro atoms. The fourth-order valence-corrected chi connectivity index (χ4v) is 3.45. The van der Waals surface area contributed by atoms with Crippen molar-refractivity contribution >= 4 is 20.6 Å². The summed E-state index contributed by atoms with van der Waals surface area (Å²) >= 11 is 0. The highest BCUT2D eigenvalue weighted by atomic mass is 32.2. The van der Waals surface area contributed by atoms with Crippen molar-refractivity contribution in [3.8, 4) is 11.3 Å². The molecule has 1 unspecified atom stereocenters. The van der Waals surface area contributed by atoms with E-state index in [0.29, 0.717) is 16.1 Å². The molecule has 142 valence electrons. The van der Waals surface area contributed by atoms with E-state index < -0.39 is 21.6 Å². The van der Waals surface area contributed by atoms with E-state index in [0.717, 1.165) is 17.8 Å². The number of alkyl halides is 3. The van der Waals surface area contributed by atoms with E-state index in [1.807, 2.05) is 30.3 Å². The Morgan fingerprint density at radius 2 is 1.85 bits per heavy atom. The predicted molar refractivity (Wildman–Crippen MR) is 98.7 cm³/mol. The summed E-state index contributed by atoms with van der Waals surface area (Å²) in [5, 5.41) is 0. The van der Waals surface area contributed by atoms with Gasteiger partial charge in [-0.15, -0.1) is 0 Å². The summed E-state index contributed by atoms with van der Waals surface area (Å²) in [6.07, 6.45) is -0.618. The molecule has 0 fully saturated rings. The van der Waals surface area contributed by atoms with Crippen molar-refractivity contribution in [2.45, 2.75) is 13.1 Å². The van der Waals surface area contributed by atoms with Crippen LogP contribution in [0.3, 0.4) is 0 Å². The number of nitrogens with one attached hydrogen (secondary N) is 1. The fraction of sp³-hybridized carbons (Fsp3) is 0.167. The van der Waals surface area contributed by atoms with Gasteiger partial charge in [-0.05, 0) is 13.0 Å². The lowest BCUT2D eigenvalue weighted by molar-refractivity contribution is -0.141. The molecule has 2 heterocycles. The number of oxazole rings is 1. The lowest BCUT2D eigenvalue weighted by atomic mass is 10.2.